The van der Waals surface area contributed by atoms with Gasteiger partial charge < -0.3 is 15.0 Å². The van der Waals surface area contributed by atoms with E-state index in [1.165, 1.54) is 19.4 Å². The second-order valence-corrected chi connectivity index (χ2v) is 4.72. The zero-order chi connectivity index (χ0) is 15.9. The number of hydrogen-bond donors (Lipinski definition) is 1. The van der Waals surface area contributed by atoms with Crippen molar-refractivity contribution in [2.75, 3.05) is 31.4 Å². The molecule has 114 valence electrons. The van der Waals surface area contributed by atoms with E-state index in [4.69, 9.17) is 4.74 Å². The minimum Gasteiger partial charge on any atom is -0.467 e. The molecule has 1 N–H and O–H groups in total. The fraction of sp³-hybridized carbons (Fsp3) is 0.188. The Hall–Kier alpha value is -2.89. The Kier molecular flexibility index (Phi) is 5.08. The number of carbonyl (C=O) groups excluding carboxylic acids is 1. The SMILES string of the molecule is COc1ncc(NC(=O)/C=C/c2ccccc2)c(N(C)C)n1. The number of hydrogen-bond acceptors (Lipinski definition) is 5. The number of rotatable bonds is 5. The predicted octanol–water partition coefficient (Wildman–Crippen LogP) is 2.20. The first-order valence-corrected chi connectivity index (χ1v) is 6.72. The molecule has 0 aliphatic heterocycles. The number of carbonyl (C=O) groups is 1. The van der Waals surface area contributed by atoms with Crippen LogP contribution in [0.4, 0.5) is 11.5 Å². The molecule has 2 rings (SSSR count). The van der Waals surface area contributed by atoms with Gasteiger partial charge in [0.15, 0.2) is 5.82 Å². The highest BCUT2D eigenvalue weighted by atomic mass is 16.5. The number of benzene rings is 1. The molecule has 0 atom stereocenters. The van der Waals surface area contributed by atoms with E-state index in [0.29, 0.717) is 11.5 Å². The van der Waals surface area contributed by atoms with Gasteiger partial charge in [-0.15, -0.1) is 0 Å². The number of nitrogens with zero attached hydrogens (tertiary/aromatic N) is 3. The first-order valence-electron chi connectivity index (χ1n) is 6.72. The number of aromatic nitrogens is 2. The largest absolute Gasteiger partial charge is 0.467 e. The first kappa shape index (κ1) is 15.5. The topological polar surface area (TPSA) is 67.3 Å². The number of nitrogens with one attached hydrogen (secondary N) is 1. The van der Waals surface area contributed by atoms with Crippen LogP contribution in [0.25, 0.3) is 6.08 Å². The lowest BCUT2D eigenvalue weighted by molar-refractivity contribution is -0.111. The third-order valence-electron chi connectivity index (χ3n) is 2.84. The molecular weight excluding hydrogens is 280 g/mol. The monoisotopic (exact) mass is 298 g/mol. The molecule has 1 heterocycles. The van der Waals surface area contributed by atoms with Crippen molar-refractivity contribution in [1.29, 1.82) is 0 Å². The molecule has 0 unspecified atom stereocenters. The van der Waals surface area contributed by atoms with Crippen molar-refractivity contribution in [2.24, 2.45) is 0 Å². The van der Waals surface area contributed by atoms with Crippen LogP contribution in [0.15, 0.2) is 42.6 Å². The van der Waals surface area contributed by atoms with Gasteiger partial charge in [0.05, 0.1) is 13.3 Å². The summed E-state index contributed by atoms with van der Waals surface area (Å²) in [4.78, 5) is 22.0. The van der Waals surface area contributed by atoms with Gasteiger partial charge in [-0.05, 0) is 11.6 Å². The second-order valence-electron chi connectivity index (χ2n) is 4.72. The molecule has 1 amide bonds. The lowest BCUT2D eigenvalue weighted by Crippen LogP contribution is -2.17. The molecule has 6 heteroatoms. The zero-order valence-corrected chi connectivity index (χ0v) is 12.8. The highest BCUT2D eigenvalue weighted by molar-refractivity contribution is 6.03. The van der Waals surface area contributed by atoms with E-state index in [1.54, 1.807) is 11.0 Å². The minimum absolute atomic E-state index is 0.249. The second kappa shape index (κ2) is 7.21. The van der Waals surface area contributed by atoms with Crippen molar-refractivity contribution in [1.82, 2.24) is 9.97 Å². The fourth-order valence-corrected chi connectivity index (χ4v) is 1.80. The Morgan fingerprint density at radius 1 is 1.27 bits per heavy atom. The van der Waals surface area contributed by atoms with E-state index in [9.17, 15) is 4.79 Å². The van der Waals surface area contributed by atoms with E-state index in [2.05, 4.69) is 15.3 Å². The Morgan fingerprint density at radius 2 is 2.00 bits per heavy atom. The van der Waals surface area contributed by atoms with Crippen molar-refractivity contribution < 1.29 is 9.53 Å². The van der Waals surface area contributed by atoms with Crippen LogP contribution in [0.1, 0.15) is 5.56 Å². The maximum atomic E-state index is 12.0. The smallest absolute Gasteiger partial charge is 0.318 e. The van der Waals surface area contributed by atoms with Crippen LogP contribution in [0.3, 0.4) is 0 Å². The zero-order valence-electron chi connectivity index (χ0n) is 12.8. The molecule has 0 saturated heterocycles. The molecular formula is C16H18N4O2. The Bertz CT molecular complexity index is 669. The van der Waals surface area contributed by atoms with Crippen LogP contribution in [-0.2, 0) is 4.79 Å². The maximum Gasteiger partial charge on any atom is 0.318 e. The summed E-state index contributed by atoms with van der Waals surface area (Å²) in [7, 11) is 5.16. The van der Waals surface area contributed by atoms with E-state index in [1.807, 2.05) is 44.4 Å². The summed E-state index contributed by atoms with van der Waals surface area (Å²) in [5, 5.41) is 2.77. The summed E-state index contributed by atoms with van der Waals surface area (Å²) in [6.07, 6.45) is 4.74. The standard InChI is InChI=1S/C16H18N4O2/c1-20(2)15-13(11-17-16(19-15)22-3)18-14(21)10-9-12-7-5-4-6-8-12/h4-11H,1-3H3,(H,18,21)/b10-9+. The predicted molar refractivity (Wildman–Crippen MR) is 87.0 cm³/mol. The highest BCUT2D eigenvalue weighted by Crippen LogP contribution is 2.22. The van der Waals surface area contributed by atoms with Crippen molar-refractivity contribution in [2.45, 2.75) is 0 Å². The summed E-state index contributed by atoms with van der Waals surface area (Å²) in [6, 6.07) is 9.85. The van der Waals surface area contributed by atoms with Gasteiger partial charge in [0, 0.05) is 20.2 Å². The van der Waals surface area contributed by atoms with Crippen molar-refractivity contribution in [3.8, 4) is 6.01 Å². The van der Waals surface area contributed by atoms with Gasteiger partial charge >= 0.3 is 6.01 Å². The lowest BCUT2D eigenvalue weighted by atomic mass is 10.2. The summed E-state index contributed by atoms with van der Waals surface area (Å²) >= 11 is 0. The lowest BCUT2D eigenvalue weighted by Gasteiger charge is -2.16. The molecule has 0 saturated carbocycles. The van der Waals surface area contributed by atoms with Gasteiger partial charge in [0.2, 0.25) is 5.91 Å². The fourth-order valence-electron chi connectivity index (χ4n) is 1.80. The van der Waals surface area contributed by atoms with Crippen LogP contribution in [0.2, 0.25) is 0 Å². The van der Waals surface area contributed by atoms with Gasteiger partial charge in [0.1, 0.15) is 5.69 Å². The van der Waals surface area contributed by atoms with E-state index in [0.717, 1.165) is 5.56 Å². The van der Waals surface area contributed by atoms with Crippen molar-refractivity contribution >= 4 is 23.5 Å². The molecule has 1 aromatic heterocycles. The van der Waals surface area contributed by atoms with Crippen LogP contribution in [0.5, 0.6) is 6.01 Å². The average Bonchev–Trinajstić information content (AvgIpc) is 2.54. The third kappa shape index (κ3) is 4.05. The van der Waals surface area contributed by atoms with Crippen LogP contribution >= 0.6 is 0 Å². The van der Waals surface area contributed by atoms with Crippen molar-refractivity contribution in [3.05, 3.63) is 48.2 Å². The molecule has 0 aliphatic rings. The molecule has 0 radical (unpaired) electrons. The molecule has 22 heavy (non-hydrogen) atoms. The van der Waals surface area contributed by atoms with E-state index in [-0.39, 0.29) is 11.9 Å². The van der Waals surface area contributed by atoms with Crippen molar-refractivity contribution in [3.63, 3.8) is 0 Å². The Morgan fingerprint density at radius 3 is 2.64 bits per heavy atom. The summed E-state index contributed by atoms with van der Waals surface area (Å²) in [6.45, 7) is 0. The summed E-state index contributed by atoms with van der Waals surface area (Å²) < 4.78 is 4.99. The van der Waals surface area contributed by atoms with Gasteiger partial charge in [-0.25, -0.2) is 4.98 Å². The molecule has 0 fully saturated rings. The number of anilines is 2. The van der Waals surface area contributed by atoms with E-state index < -0.39 is 0 Å². The van der Waals surface area contributed by atoms with Crippen LogP contribution in [0, 0.1) is 0 Å². The molecule has 6 nitrogen and oxygen atoms in total. The number of methoxy groups -OCH3 is 1. The Balaban J connectivity index is 2.13. The van der Waals surface area contributed by atoms with Crippen LogP contribution in [-0.4, -0.2) is 37.1 Å². The highest BCUT2D eigenvalue weighted by Gasteiger charge is 2.11. The first-order chi connectivity index (χ1) is 10.6. The quantitative estimate of drug-likeness (QED) is 0.857. The molecule has 0 bridgehead atoms. The minimum atomic E-state index is -0.249. The summed E-state index contributed by atoms with van der Waals surface area (Å²) in [5.41, 5.74) is 1.48. The van der Waals surface area contributed by atoms with Gasteiger partial charge in [-0.3, -0.25) is 4.79 Å². The van der Waals surface area contributed by atoms with E-state index >= 15 is 0 Å². The number of amides is 1. The normalized spacial score (nSPS) is 10.5. The third-order valence-corrected chi connectivity index (χ3v) is 2.84. The van der Waals surface area contributed by atoms with Gasteiger partial charge in [-0.2, -0.15) is 4.98 Å². The molecule has 0 spiro atoms. The van der Waals surface area contributed by atoms with Gasteiger partial charge in [-0.1, -0.05) is 30.3 Å². The Labute approximate surface area is 129 Å². The molecule has 1 aromatic carbocycles. The average molecular weight is 298 g/mol. The van der Waals surface area contributed by atoms with Gasteiger partial charge in [0.25, 0.3) is 0 Å². The maximum absolute atomic E-state index is 12.0. The summed E-state index contributed by atoms with van der Waals surface area (Å²) in [5.74, 6) is 0.328. The molecule has 2 aromatic rings. The van der Waals surface area contributed by atoms with Crippen LogP contribution < -0.4 is 15.0 Å². The number of ether oxygens (including phenoxy) is 1. The molecule has 0 aliphatic carbocycles.